The van der Waals surface area contributed by atoms with E-state index in [1.165, 1.54) is 14.2 Å². The molecule has 37 heavy (non-hydrogen) atoms. The monoisotopic (exact) mass is 545 g/mol. The van der Waals surface area contributed by atoms with Crippen molar-refractivity contribution in [1.82, 2.24) is 5.06 Å². The zero-order valence-corrected chi connectivity index (χ0v) is 22.4. The van der Waals surface area contributed by atoms with E-state index in [2.05, 4.69) is 0 Å². The lowest BCUT2D eigenvalue weighted by Crippen LogP contribution is -2.51. The first-order chi connectivity index (χ1) is 17.2. The van der Waals surface area contributed by atoms with Gasteiger partial charge in [-0.1, -0.05) is 19.9 Å². The summed E-state index contributed by atoms with van der Waals surface area (Å²) in [5.74, 6) is -1.10. The fourth-order valence-corrected chi connectivity index (χ4v) is 4.67. The Morgan fingerprint density at radius 3 is 2.16 bits per heavy atom. The van der Waals surface area contributed by atoms with Gasteiger partial charge in [0.2, 0.25) is 5.91 Å². The summed E-state index contributed by atoms with van der Waals surface area (Å²) in [6.07, 6.45) is 1.01. The number of hydroxylamine groups is 2. The summed E-state index contributed by atoms with van der Waals surface area (Å²) in [5.41, 5.74) is 9.92. The van der Waals surface area contributed by atoms with E-state index in [9.17, 15) is 22.8 Å². The minimum Gasteiger partial charge on any atom is -0.496 e. The van der Waals surface area contributed by atoms with Crippen molar-refractivity contribution in [2.75, 3.05) is 27.4 Å². The lowest BCUT2D eigenvalue weighted by molar-refractivity contribution is -0.130. The number of rotatable bonds is 14. The van der Waals surface area contributed by atoms with Crippen LogP contribution in [0.3, 0.4) is 0 Å². The van der Waals surface area contributed by atoms with Crippen molar-refractivity contribution >= 4 is 28.3 Å². The van der Waals surface area contributed by atoms with E-state index in [0.29, 0.717) is 17.9 Å². The predicted molar refractivity (Wildman–Crippen MR) is 130 cm³/mol. The van der Waals surface area contributed by atoms with Crippen molar-refractivity contribution in [2.24, 2.45) is 28.7 Å². The third kappa shape index (κ3) is 8.20. The third-order valence-electron chi connectivity index (χ3n) is 6.26. The van der Waals surface area contributed by atoms with Gasteiger partial charge >= 0.3 is 22.4 Å². The Morgan fingerprint density at radius 1 is 1.11 bits per heavy atom. The molecular weight excluding hydrogens is 510 g/mol. The molecule has 0 heterocycles. The van der Waals surface area contributed by atoms with E-state index in [1.807, 2.05) is 0 Å². The number of hydrogen-bond acceptors (Lipinski definition) is 10. The van der Waals surface area contributed by atoms with Gasteiger partial charge in [0.25, 0.3) is 0 Å². The van der Waals surface area contributed by atoms with E-state index in [4.69, 9.17) is 34.1 Å². The number of benzene rings is 1. The number of urea groups is 1. The van der Waals surface area contributed by atoms with Crippen LogP contribution in [0.2, 0.25) is 0 Å². The molecule has 13 nitrogen and oxygen atoms in total. The summed E-state index contributed by atoms with van der Waals surface area (Å²) < 4.78 is 50.4. The summed E-state index contributed by atoms with van der Waals surface area (Å²) in [6, 6.07) is 3.01. The van der Waals surface area contributed by atoms with Gasteiger partial charge in [0.15, 0.2) is 0 Å². The Balaban J connectivity index is 1.90. The van der Waals surface area contributed by atoms with Crippen molar-refractivity contribution in [3.8, 4) is 11.5 Å². The number of carbonyl (C=O) groups is 3. The van der Waals surface area contributed by atoms with Crippen LogP contribution in [-0.2, 0) is 28.4 Å². The van der Waals surface area contributed by atoms with E-state index < -0.39 is 39.8 Å². The van der Waals surface area contributed by atoms with E-state index >= 15 is 0 Å². The smallest absolute Gasteiger partial charge is 0.421 e. The van der Waals surface area contributed by atoms with Gasteiger partial charge in [0.05, 0.1) is 33.5 Å². The van der Waals surface area contributed by atoms with Crippen molar-refractivity contribution in [3.63, 3.8) is 0 Å². The number of hydrogen-bond donors (Lipinski definition) is 2. The first kappa shape index (κ1) is 30.1. The molecule has 1 aliphatic carbocycles. The van der Waals surface area contributed by atoms with Crippen LogP contribution in [0.15, 0.2) is 18.2 Å². The van der Waals surface area contributed by atoms with E-state index in [0.717, 1.165) is 0 Å². The first-order valence-electron chi connectivity index (χ1n) is 11.6. The molecule has 4 N–H and O–H groups in total. The molecule has 2 rings (SSSR count). The number of nitrogens with two attached hydrogens (primary N) is 2. The minimum atomic E-state index is -4.66. The molecule has 208 valence electrons. The number of primary amides is 2. The number of carbonyl (C=O) groups excluding carboxylic acids is 3. The van der Waals surface area contributed by atoms with Crippen LogP contribution >= 0.6 is 0 Å². The predicted octanol–water partition coefficient (Wildman–Crippen LogP) is 1.75. The van der Waals surface area contributed by atoms with Gasteiger partial charge in [0.1, 0.15) is 17.1 Å². The summed E-state index contributed by atoms with van der Waals surface area (Å²) in [6.45, 7) is 4.57. The number of ether oxygens (including phenoxy) is 3. The fourth-order valence-electron chi connectivity index (χ4n) is 3.75. The van der Waals surface area contributed by atoms with Crippen LogP contribution in [0, 0.1) is 17.3 Å². The summed E-state index contributed by atoms with van der Waals surface area (Å²) in [7, 11) is -1.83. The number of amides is 3. The van der Waals surface area contributed by atoms with Gasteiger partial charge in [0, 0.05) is 5.92 Å². The molecule has 0 aromatic heterocycles. The van der Waals surface area contributed by atoms with Crippen LogP contribution < -0.4 is 20.9 Å². The summed E-state index contributed by atoms with van der Waals surface area (Å²) in [5, 5.41) is 0.520. The molecular formula is C23H35N3O10S. The lowest BCUT2D eigenvalue weighted by atomic mass is 9.71. The molecule has 0 spiro atoms. The number of nitrogens with zero attached hydrogens (tertiary/aromatic N) is 1. The third-order valence-corrected chi connectivity index (χ3v) is 7.01. The maximum atomic E-state index is 12.6. The van der Waals surface area contributed by atoms with Gasteiger partial charge < -0.3 is 25.7 Å². The molecule has 0 aliphatic heterocycles. The lowest BCUT2D eigenvalue weighted by Gasteiger charge is -2.40. The summed E-state index contributed by atoms with van der Waals surface area (Å²) in [4.78, 5) is 35.7. The normalized spacial score (nSPS) is 18.3. The SMILES string of the molecule is COc1cccc(OC)c1C(=O)OCCC(C)(C)COS(=O)(=O)ON(C(N)=O)[C@@H](C)C1CC(C(N)=O)C1. The van der Waals surface area contributed by atoms with Gasteiger partial charge in [-0.25, -0.2) is 13.8 Å². The van der Waals surface area contributed by atoms with E-state index in [-0.39, 0.29) is 48.5 Å². The highest BCUT2D eigenvalue weighted by Gasteiger charge is 2.41. The second-order valence-corrected chi connectivity index (χ2v) is 10.8. The Hall–Kier alpha value is -3.10. The zero-order valence-electron chi connectivity index (χ0n) is 21.6. The van der Waals surface area contributed by atoms with Gasteiger partial charge in [-0.05, 0) is 49.7 Å². The molecule has 1 aliphatic rings. The molecule has 1 saturated carbocycles. The molecule has 1 aromatic rings. The Bertz CT molecular complexity index is 1060. The Labute approximate surface area is 216 Å². The standard InChI is InChI=1S/C23H35N3O10S/c1-14(15-11-16(12-15)20(24)27)26(22(25)29)36-37(30,31)35-13-23(2,3)9-10-34-21(28)19-17(32-4)7-6-8-18(19)33-5/h6-8,14-16H,9-13H2,1-5H3,(H2,24,27)(H2,25,29)/t14-,15?,16?/m0/s1. The molecule has 0 unspecified atom stereocenters. The average Bonchev–Trinajstić information content (AvgIpc) is 2.79. The van der Waals surface area contributed by atoms with Gasteiger partial charge in [-0.15, -0.1) is 4.28 Å². The topological polar surface area (TPSA) is 187 Å². The van der Waals surface area contributed by atoms with Crippen LogP contribution in [0.5, 0.6) is 11.5 Å². The maximum absolute atomic E-state index is 12.6. The summed E-state index contributed by atoms with van der Waals surface area (Å²) >= 11 is 0. The Morgan fingerprint density at radius 2 is 1.68 bits per heavy atom. The average molecular weight is 546 g/mol. The molecule has 1 aromatic carbocycles. The second kappa shape index (κ2) is 12.4. The zero-order chi connectivity index (χ0) is 28.0. The molecule has 1 fully saturated rings. The van der Waals surface area contributed by atoms with Gasteiger partial charge in [-0.2, -0.15) is 13.5 Å². The van der Waals surface area contributed by atoms with Crippen molar-refractivity contribution in [2.45, 2.75) is 46.1 Å². The fraction of sp³-hybridized carbons (Fsp3) is 0.609. The highest BCUT2D eigenvalue weighted by atomic mass is 32.3. The highest BCUT2D eigenvalue weighted by molar-refractivity contribution is 7.81. The molecule has 0 radical (unpaired) electrons. The Kier molecular flexibility index (Phi) is 10.1. The van der Waals surface area contributed by atoms with Crippen molar-refractivity contribution in [3.05, 3.63) is 23.8 Å². The van der Waals surface area contributed by atoms with Crippen LogP contribution in [0.25, 0.3) is 0 Å². The van der Waals surface area contributed by atoms with E-state index in [1.54, 1.807) is 39.0 Å². The number of esters is 1. The molecule has 3 amide bonds. The molecule has 14 heteroatoms. The highest BCUT2D eigenvalue weighted by Crippen LogP contribution is 2.38. The number of methoxy groups -OCH3 is 2. The van der Waals surface area contributed by atoms with Crippen molar-refractivity contribution < 1.29 is 45.5 Å². The molecule has 0 bridgehead atoms. The second-order valence-electron chi connectivity index (χ2n) is 9.57. The van der Waals surface area contributed by atoms with Gasteiger partial charge in [-0.3, -0.25) is 4.79 Å². The largest absolute Gasteiger partial charge is 0.496 e. The minimum absolute atomic E-state index is 0.0511. The van der Waals surface area contributed by atoms with Crippen molar-refractivity contribution in [1.29, 1.82) is 0 Å². The maximum Gasteiger partial charge on any atom is 0.421 e. The van der Waals surface area contributed by atoms with Crippen LogP contribution in [0.4, 0.5) is 4.79 Å². The molecule has 0 saturated heterocycles. The quantitative estimate of drug-likeness (QED) is 0.257. The first-order valence-corrected chi connectivity index (χ1v) is 12.9. The molecule has 1 atom stereocenters. The van der Waals surface area contributed by atoms with Crippen LogP contribution in [0.1, 0.15) is 50.4 Å². The van der Waals surface area contributed by atoms with Crippen LogP contribution in [-0.4, -0.2) is 64.9 Å².